The molecule has 4 rings (SSSR count). The Bertz CT molecular complexity index is 1150. The second-order valence-corrected chi connectivity index (χ2v) is 8.00. The Morgan fingerprint density at radius 3 is 2.63 bits per heavy atom. The number of nitrogens with zero attached hydrogens (tertiary/aromatic N) is 3. The fourth-order valence-corrected chi connectivity index (χ4v) is 3.72. The van der Waals surface area contributed by atoms with E-state index in [-0.39, 0.29) is 30.7 Å². The van der Waals surface area contributed by atoms with E-state index in [1.807, 2.05) is 31.2 Å². The molecule has 0 atom stereocenters. The summed E-state index contributed by atoms with van der Waals surface area (Å²) in [6.45, 7) is 2.08. The van der Waals surface area contributed by atoms with Crippen LogP contribution < -0.4 is 5.32 Å². The zero-order valence-corrected chi connectivity index (χ0v) is 17.8. The van der Waals surface area contributed by atoms with Gasteiger partial charge in [0.25, 0.3) is 11.8 Å². The van der Waals surface area contributed by atoms with Crippen molar-refractivity contribution < 1.29 is 14.4 Å². The molecule has 0 fully saturated rings. The van der Waals surface area contributed by atoms with Crippen molar-refractivity contribution in [2.75, 3.05) is 11.9 Å². The van der Waals surface area contributed by atoms with Crippen molar-refractivity contribution in [3.8, 4) is 5.69 Å². The van der Waals surface area contributed by atoms with E-state index in [2.05, 4.69) is 26.3 Å². The van der Waals surface area contributed by atoms with Crippen LogP contribution in [0.5, 0.6) is 0 Å². The predicted octanol–water partition coefficient (Wildman–Crippen LogP) is 3.96. The van der Waals surface area contributed by atoms with Gasteiger partial charge in [0.15, 0.2) is 0 Å². The number of hydrogen-bond donors (Lipinski definition) is 1. The van der Waals surface area contributed by atoms with Gasteiger partial charge in [-0.1, -0.05) is 23.8 Å². The second kappa shape index (κ2) is 8.23. The maximum atomic E-state index is 12.5. The smallest absolute Gasteiger partial charge is 0.261 e. The van der Waals surface area contributed by atoms with E-state index in [0.717, 1.165) is 15.7 Å². The summed E-state index contributed by atoms with van der Waals surface area (Å²) in [4.78, 5) is 38.7. The van der Waals surface area contributed by atoms with E-state index < -0.39 is 0 Å². The van der Waals surface area contributed by atoms with Crippen LogP contribution in [-0.4, -0.2) is 38.9 Å². The SMILES string of the molecule is Cc1ccc2c(c1)C(=O)N(CCCC(=O)Nc1ccccc1-n1cc(Br)cn1)C2=O. The number of aromatic nitrogens is 2. The van der Waals surface area contributed by atoms with Crippen molar-refractivity contribution in [2.45, 2.75) is 19.8 Å². The number of carbonyl (C=O) groups is 3. The van der Waals surface area contributed by atoms with Gasteiger partial charge in [-0.05, 0) is 53.5 Å². The van der Waals surface area contributed by atoms with Gasteiger partial charge in [0.05, 0.1) is 33.2 Å². The van der Waals surface area contributed by atoms with Gasteiger partial charge in [0.1, 0.15) is 0 Å². The lowest BCUT2D eigenvalue weighted by Crippen LogP contribution is -2.31. The Balaban J connectivity index is 1.37. The number of halogens is 1. The maximum Gasteiger partial charge on any atom is 0.261 e. The average molecular weight is 467 g/mol. The molecule has 0 saturated heterocycles. The Morgan fingerprint density at radius 2 is 1.87 bits per heavy atom. The zero-order valence-electron chi connectivity index (χ0n) is 16.3. The Hall–Kier alpha value is -3.26. The highest BCUT2D eigenvalue weighted by Crippen LogP contribution is 2.25. The number of nitrogens with one attached hydrogen (secondary N) is 1. The summed E-state index contributed by atoms with van der Waals surface area (Å²) in [6, 6.07) is 12.6. The summed E-state index contributed by atoms with van der Waals surface area (Å²) in [6.07, 6.45) is 4.03. The molecule has 7 nitrogen and oxygen atoms in total. The molecule has 0 radical (unpaired) electrons. The van der Waals surface area contributed by atoms with Gasteiger partial charge in [-0.3, -0.25) is 19.3 Å². The Morgan fingerprint density at radius 1 is 1.10 bits per heavy atom. The number of carbonyl (C=O) groups excluding carboxylic acids is 3. The third kappa shape index (κ3) is 3.91. The minimum atomic E-state index is -0.301. The molecule has 1 aliphatic rings. The summed E-state index contributed by atoms with van der Waals surface area (Å²) in [5.74, 6) is -0.792. The van der Waals surface area contributed by atoms with Crippen LogP contribution in [0.1, 0.15) is 39.1 Å². The summed E-state index contributed by atoms with van der Waals surface area (Å²) in [5.41, 5.74) is 3.17. The van der Waals surface area contributed by atoms with Crippen LogP contribution in [0.25, 0.3) is 5.69 Å². The largest absolute Gasteiger partial charge is 0.324 e. The van der Waals surface area contributed by atoms with Crippen LogP contribution in [0.3, 0.4) is 0 Å². The molecule has 3 aromatic rings. The van der Waals surface area contributed by atoms with E-state index >= 15 is 0 Å². The third-order valence-electron chi connectivity index (χ3n) is 4.89. The van der Waals surface area contributed by atoms with Crippen LogP contribution in [0, 0.1) is 6.92 Å². The first-order valence-electron chi connectivity index (χ1n) is 9.50. The van der Waals surface area contributed by atoms with Crippen molar-refractivity contribution in [3.05, 3.63) is 76.0 Å². The number of imide groups is 1. The Kier molecular flexibility index (Phi) is 5.50. The number of fused-ring (bicyclic) bond motifs is 1. The molecule has 0 bridgehead atoms. The monoisotopic (exact) mass is 466 g/mol. The third-order valence-corrected chi connectivity index (χ3v) is 5.30. The molecule has 0 aliphatic carbocycles. The molecule has 0 spiro atoms. The van der Waals surface area contributed by atoms with Gasteiger partial charge in [0.2, 0.25) is 5.91 Å². The molecular weight excluding hydrogens is 448 g/mol. The van der Waals surface area contributed by atoms with Gasteiger partial charge in [-0.15, -0.1) is 0 Å². The van der Waals surface area contributed by atoms with E-state index in [0.29, 0.717) is 23.2 Å². The van der Waals surface area contributed by atoms with Crippen molar-refractivity contribution >= 4 is 39.3 Å². The van der Waals surface area contributed by atoms with Crippen LogP contribution >= 0.6 is 15.9 Å². The quantitative estimate of drug-likeness (QED) is 0.557. The molecule has 0 saturated carbocycles. The number of benzene rings is 2. The summed E-state index contributed by atoms with van der Waals surface area (Å²) in [5, 5.41) is 7.14. The number of amides is 3. The van der Waals surface area contributed by atoms with Crippen LogP contribution in [0.2, 0.25) is 0 Å². The van der Waals surface area contributed by atoms with Gasteiger partial charge < -0.3 is 5.32 Å². The fraction of sp³-hybridized carbons (Fsp3) is 0.182. The van der Waals surface area contributed by atoms with Gasteiger partial charge in [-0.25, -0.2) is 4.68 Å². The zero-order chi connectivity index (χ0) is 21.3. The first kappa shape index (κ1) is 20.0. The summed E-state index contributed by atoms with van der Waals surface area (Å²) >= 11 is 3.37. The number of anilines is 1. The highest BCUT2D eigenvalue weighted by Gasteiger charge is 2.34. The van der Waals surface area contributed by atoms with E-state index in [1.54, 1.807) is 35.3 Å². The van der Waals surface area contributed by atoms with Gasteiger partial charge in [-0.2, -0.15) is 5.10 Å². The highest BCUT2D eigenvalue weighted by atomic mass is 79.9. The predicted molar refractivity (Wildman–Crippen MR) is 116 cm³/mol. The van der Waals surface area contributed by atoms with Gasteiger partial charge >= 0.3 is 0 Å². The van der Waals surface area contributed by atoms with Crippen molar-refractivity contribution in [1.82, 2.24) is 14.7 Å². The molecule has 3 amide bonds. The average Bonchev–Trinajstić information content (AvgIpc) is 3.25. The lowest BCUT2D eigenvalue weighted by atomic mass is 10.1. The van der Waals surface area contributed by atoms with Crippen LogP contribution in [-0.2, 0) is 4.79 Å². The minimum Gasteiger partial charge on any atom is -0.324 e. The standard InChI is InChI=1S/C22H19BrN4O3/c1-14-8-9-16-17(11-14)22(30)26(21(16)29)10-4-7-20(28)25-18-5-2-3-6-19(18)27-13-15(23)12-24-27/h2-3,5-6,8-9,11-13H,4,7,10H2,1H3,(H,25,28). The van der Waals surface area contributed by atoms with Crippen LogP contribution in [0.15, 0.2) is 59.3 Å². The molecule has 1 aromatic heterocycles. The first-order valence-corrected chi connectivity index (χ1v) is 10.3. The lowest BCUT2D eigenvalue weighted by Gasteiger charge is -2.14. The maximum absolute atomic E-state index is 12.5. The highest BCUT2D eigenvalue weighted by molar-refractivity contribution is 9.10. The van der Waals surface area contributed by atoms with E-state index in [9.17, 15) is 14.4 Å². The van der Waals surface area contributed by atoms with Crippen molar-refractivity contribution in [2.24, 2.45) is 0 Å². The Labute approximate surface area is 181 Å². The molecule has 1 aliphatic heterocycles. The van der Waals surface area contributed by atoms with Gasteiger partial charge in [0, 0.05) is 19.2 Å². The molecule has 2 aromatic carbocycles. The summed E-state index contributed by atoms with van der Waals surface area (Å²) in [7, 11) is 0. The molecular formula is C22H19BrN4O3. The molecule has 0 unspecified atom stereocenters. The van der Waals surface area contributed by atoms with Crippen LogP contribution in [0.4, 0.5) is 5.69 Å². The van der Waals surface area contributed by atoms with E-state index in [1.165, 1.54) is 4.90 Å². The number of rotatable bonds is 6. The minimum absolute atomic E-state index is 0.184. The van der Waals surface area contributed by atoms with Crippen molar-refractivity contribution in [1.29, 1.82) is 0 Å². The topological polar surface area (TPSA) is 84.3 Å². The van der Waals surface area contributed by atoms with Crippen molar-refractivity contribution in [3.63, 3.8) is 0 Å². The summed E-state index contributed by atoms with van der Waals surface area (Å²) < 4.78 is 2.50. The molecule has 2 heterocycles. The van der Waals surface area contributed by atoms with E-state index in [4.69, 9.17) is 0 Å². The lowest BCUT2D eigenvalue weighted by molar-refractivity contribution is -0.116. The molecule has 1 N–H and O–H groups in total. The molecule has 152 valence electrons. The second-order valence-electron chi connectivity index (χ2n) is 7.08. The fourth-order valence-electron chi connectivity index (χ4n) is 3.43. The molecule has 30 heavy (non-hydrogen) atoms. The normalized spacial score (nSPS) is 12.9. The number of para-hydroxylation sites is 2. The number of hydrogen-bond acceptors (Lipinski definition) is 4. The molecule has 8 heteroatoms. The number of aryl methyl sites for hydroxylation is 1. The first-order chi connectivity index (χ1) is 14.4.